The minimum atomic E-state index is -3.22. The van der Waals surface area contributed by atoms with E-state index in [9.17, 15) is 13.2 Å². The lowest BCUT2D eigenvalue weighted by Crippen LogP contribution is -2.09. The number of esters is 1. The van der Waals surface area contributed by atoms with E-state index >= 15 is 0 Å². The summed E-state index contributed by atoms with van der Waals surface area (Å²) in [4.78, 5) is 11.9. The number of benzene rings is 2. The van der Waals surface area contributed by atoms with Gasteiger partial charge in [-0.2, -0.15) is 0 Å². The van der Waals surface area contributed by atoms with Gasteiger partial charge in [0.15, 0.2) is 9.84 Å². The molecule has 2 aromatic carbocycles. The molecule has 2 aromatic rings. The Kier molecular flexibility index (Phi) is 7.39. The van der Waals surface area contributed by atoms with E-state index in [1.807, 2.05) is 43.3 Å². The second-order valence-corrected chi connectivity index (χ2v) is 8.42. The second-order valence-electron chi connectivity index (χ2n) is 6.34. The smallest absolute Gasteiger partial charge is 0.310 e. The maximum atomic E-state index is 12.4. The summed E-state index contributed by atoms with van der Waals surface area (Å²) in [5.41, 5.74) is 2.87. The molecular weight excluding hydrogens is 348 g/mol. The summed E-state index contributed by atoms with van der Waals surface area (Å²) in [7, 11) is -3.22. The van der Waals surface area contributed by atoms with Crippen molar-refractivity contribution >= 4 is 15.8 Å². The van der Waals surface area contributed by atoms with Crippen LogP contribution in [0.2, 0.25) is 0 Å². The Labute approximate surface area is 156 Å². The fourth-order valence-electron chi connectivity index (χ4n) is 2.84. The first-order valence-electron chi connectivity index (χ1n) is 8.94. The van der Waals surface area contributed by atoms with Crippen molar-refractivity contribution in [1.29, 1.82) is 0 Å². The van der Waals surface area contributed by atoms with Crippen molar-refractivity contribution in [2.75, 3.05) is 12.4 Å². The number of ether oxygens (including phenoxy) is 1. The number of hydrogen-bond acceptors (Lipinski definition) is 4. The van der Waals surface area contributed by atoms with Crippen molar-refractivity contribution < 1.29 is 17.9 Å². The van der Waals surface area contributed by atoms with Crippen molar-refractivity contribution in [1.82, 2.24) is 0 Å². The Balaban J connectivity index is 1.81. The van der Waals surface area contributed by atoms with E-state index in [0.29, 0.717) is 17.9 Å². The van der Waals surface area contributed by atoms with E-state index < -0.39 is 9.84 Å². The number of sulfone groups is 1. The van der Waals surface area contributed by atoms with Crippen LogP contribution < -0.4 is 0 Å². The van der Waals surface area contributed by atoms with Gasteiger partial charge in [0.1, 0.15) is 0 Å². The molecule has 2 rings (SSSR count). The molecule has 0 amide bonds. The van der Waals surface area contributed by atoms with Crippen molar-refractivity contribution in [3.8, 4) is 0 Å². The molecule has 0 radical (unpaired) electrons. The first-order valence-corrected chi connectivity index (χ1v) is 10.6. The maximum absolute atomic E-state index is 12.4. The highest BCUT2D eigenvalue weighted by atomic mass is 32.2. The highest BCUT2D eigenvalue weighted by Crippen LogP contribution is 2.18. The van der Waals surface area contributed by atoms with Crippen molar-refractivity contribution in [3.63, 3.8) is 0 Å². The predicted octanol–water partition coefficient (Wildman–Crippen LogP) is 3.90. The molecule has 0 heterocycles. The highest BCUT2D eigenvalue weighted by molar-refractivity contribution is 7.91. The third-order valence-corrected chi connectivity index (χ3v) is 6.19. The molecule has 0 N–H and O–H groups in total. The highest BCUT2D eigenvalue weighted by Gasteiger charge is 2.15. The normalized spacial score (nSPS) is 11.3. The lowest BCUT2D eigenvalue weighted by atomic mass is 10.1. The Morgan fingerprint density at radius 1 is 0.962 bits per heavy atom. The Morgan fingerprint density at radius 3 is 2.27 bits per heavy atom. The van der Waals surface area contributed by atoms with Crippen LogP contribution in [-0.4, -0.2) is 26.7 Å². The predicted molar refractivity (Wildman–Crippen MR) is 103 cm³/mol. The minimum Gasteiger partial charge on any atom is -0.466 e. The van der Waals surface area contributed by atoms with Gasteiger partial charge >= 0.3 is 5.97 Å². The first kappa shape index (κ1) is 20.2. The number of carbonyl (C=O) groups excluding carboxylic acids is 1. The lowest BCUT2D eigenvalue weighted by molar-refractivity contribution is -0.142. The summed E-state index contributed by atoms with van der Waals surface area (Å²) in [6.45, 7) is 4.01. The van der Waals surface area contributed by atoms with Gasteiger partial charge in [-0.3, -0.25) is 4.79 Å². The van der Waals surface area contributed by atoms with Crippen LogP contribution in [0.25, 0.3) is 0 Å². The summed E-state index contributed by atoms with van der Waals surface area (Å²) in [5.74, 6) is -0.0552. The molecule has 0 saturated heterocycles. The van der Waals surface area contributed by atoms with Gasteiger partial charge < -0.3 is 4.74 Å². The monoisotopic (exact) mass is 374 g/mol. The molecule has 0 aliphatic carbocycles. The number of aryl methyl sites for hydroxylation is 2. The van der Waals surface area contributed by atoms with Crippen molar-refractivity contribution in [2.24, 2.45) is 0 Å². The van der Waals surface area contributed by atoms with Gasteiger partial charge in [-0.1, -0.05) is 42.5 Å². The SMILES string of the molecule is CCOC(=O)Cc1ccc(CCCCS(=O)(=O)c2ccccc2C)cc1. The fraction of sp³-hybridized carbons (Fsp3) is 0.381. The van der Waals surface area contributed by atoms with Crippen LogP contribution in [0, 0.1) is 6.92 Å². The zero-order valence-electron chi connectivity index (χ0n) is 15.4. The topological polar surface area (TPSA) is 60.4 Å². The van der Waals surface area contributed by atoms with Gasteiger partial charge in [0.2, 0.25) is 0 Å². The minimum absolute atomic E-state index is 0.165. The van der Waals surface area contributed by atoms with E-state index in [1.54, 1.807) is 19.1 Å². The third kappa shape index (κ3) is 5.99. The van der Waals surface area contributed by atoms with Gasteiger partial charge in [-0.15, -0.1) is 0 Å². The van der Waals surface area contributed by atoms with Gasteiger partial charge in [0.25, 0.3) is 0 Å². The molecular formula is C21H26O4S. The second kappa shape index (κ2) is 9.53. The number of rotatable bonds is 9. The molecule has 26 heavy (non-hydrogen) atoms. The molecule has 0 aromatic heterocycles. The Morgan fingerprint density at radius 2 is 1.62 bits per heavy atom. The van der Waals surface area contributed by atoms with Gasteiger partial charge in [-0.25, -0.2) is 8.42 Å². The largest absolute Gasteiger partial charge is 0.466 e. The summed E-state index contributed by atoms with van der Waals surface area (Å²) >= 11 is 0. The zero-order chi connectivity index (χ0) is 19.0. The molecule has 140 valence electrons. The first-order chi connectivity index (χ1) is 12.4. The number of carbonyl (C=O) groups is 1. The van der Waals surface area contributed by atoms with E-state index in [1.165, 1.54) is 0 Å². The number of hydrogen-bond donors (Lipinski definition) is 0. The molecule has 0 spiro atoms. The summed E-state index contributed by atoms with van der Waals surface area (Å²) in [6, 6.07) is 14.9. The molecule has 0 fully saturated rings. The molecule has 0 saturated carbocycles. The Hall–Kier alpha value is -2.14. The average Bonchev–Trinajstić information content (AvgIpc) is 2.60. The average molecular weight is 375 g/mol. The summed E-state index contributed by atoms with van der Waals surface area (Å²) < 4.78 is 29.8. The van der Waals surface area contributed by atoms with Crippen LogP contribution in [0.1, 0.15) is 36.5 Å². The van der Waals surface area contributed by atoms with Crippen LogP contribution in [-0.2, 0) is 32.2 Å². The summed E-state index contributed by atoms with van der Waals surface area (Å²) in [6.07, 6.45) is 2.54. The van der Waals surface area contributed by atoms with Crippen LogP contribution in [0.15, 0.2) is 53.4 Å². The fourth-order valence-corrected chi connectivity index (χ4v) is 4.49. The molecule has 0 unspecified atom stereocenters. The molecule has 0 aliphatic rings. The van der Waals surface area contributed by atoms with Crippen LogP contribution >= 0.6 is 0 Å². The van der Waals surface area contributed by atoms with E-state index in [-0.39, 0.29) is 18.1 Å². The molecule has 0 aliphatic heterocycles. The van der Waals surface area contributed by atoms with E-state index in [0.717, 1.165) is 29.5 Å². The van der Waals surface area contributed by atoms with Crippen LogP contribution in [0.5, 0.6) is 0 Å². The molecule has 0 bridgehead atoms. The van der Waals surface area contributed by atoms with E-state index in [2.05, 4.69) is 0 Å². The zero-order valence-corrected chi connectivity index (χ0v) is 16.2. The van der Waals surface area contributed by atoms with Crippen LogP contribution in [0.3, 0.4) is 0 Å². The lowest BCUT2D eigenvalue weighted by Gasteiger charge is -2.08. The number of unbranched alkanes of at least 4 members (excludes halogenated alkanes) is 1. The van der Waals surface area contributed by atoms with Crippen molar-refractivity contribution in [3.05, 3.63) is 65.2 Å². The molecule has 4 nitrogen and oxygen atoms in total. The van der Waals surface area contributed by atoms with Gasteiger partial charge in [0.05, 0.1) is 23.7 Å². The van der Waals surface area contributed by atoms with Crippen molar-refractivity contribution in [2.45, 2.75) is 44.4 Å². The third-order valence-electron chi connectivity index (χ3n) is 4.23. The van der Waals surface area contributed by atoms with Gasteiger partial charge in [-0.05, 0) is 55.9 Å². The van der Waals surface area contributed by atoms with Crippen LogP contribution in [0.4, 0.5) is 0 Å². The van der Waals surface area contributed by atoms with E-state index in [4.69, 9.17) is 4.74 Å². The Bertz CT molecular complexity index is 823. The molecule has 0 atom stereocenters. The van der Waals surface area contributed by atoms with Gasteiger partial charge in [0, 0.05) is 0 Å². The maximum Gasteiger partial charge on any atom is 0.310 e. The quantitative estimate of drug-likeness (QED) is 0.493. The summed E-state index contributed by atoms with van der Waals surface area (Å²) in [5, 5.41) is 0. The standard InChI is InChI=1S/C21H26O4S/c1-3-25-21(22)16-19-13-11-18(12-14-19)9-6-7-15-26(23,24)20-10-5-4-8-17(20)2/h4-5,8,10-14H,3,6-7,9,15-16H2,1-2H3. The molecule has 5 heteroatoms.